The summed E-state index contributed by atoms with van der Waals surface area (Å²) in [7, 11) is 0. The fourth-order valence-corrected chi connectivity index (χ4v) is 6.37. The van der Waals surface area contributed by atoms with Crippen LogP contribution in [-0.2, 0) is 21.0 Å². The van der Waals surface area contributed by atoms with Gasteiger partial charge in [0.2, 0.25) is 0 Å². The van der Waals surface area contributed by atoms with Crippen LogP contribution in [0, 0.1) is 0 Å². The Morgan fingerprint density at radius 1 is 0.919 bits per heavy atom. The number of carboxylic acid groups (broad SMARTS) is 1. The summed E-state index contributed by atoms with van der Waals surface area (Å²) < 4.78 is 5.91. The number of carbonyl (C=O) groups is 3. The second-order valence-corrected chi connectivity index (χ2v) is 10.7. The summed E-state index contributed by atoms with van der Waals surface area (Å²) in [5.41, 5.74) is 3.78. The third-order valence-electron chi connectivity index (χ3n) is 7.01. The second kappa shape index (κ2) is 10.5. The maximum Gasteiger partial charge on any atom is 0.323 e. The van der Waals surface area contributed by atoms with E-state index in [2.05, 4.69) is 0 Å². The molecule has 0 fully saturated rings. The van der Waals surface area contributed by atoms with Crippen LogP contribution >= 0.6 is 34.8 Å². The molecule has 0 bridgehead atoms. The summed E-state index contributed by atoms with van der Waals surface area (Å²) in [6, 6.07) is 10.6. The van der Waals surface area contributed by atoms with Gasteiger partial charge in [-0.25, -0.2) is 0 Å². The molecular formula is C28H24Cl3NO5. The lowest BCUT2D eigenvalue weighted by Crippen LogP contribution is -2.41. The van der Waals surface area contributed by atoms with Crippen LogP contribution in [-0.4, -0.2) is 34.1 Å². The van der Waals surface area contributed by atoms with Gasteiger partial charge in [0.05, 0.1) is 10.0 Å². The molecule has 6 nitrogen and oxygen atoms in total. The summed E-state index contributed by atoms with van der Waals surface area (Å²) in [6.45, 7) is -0.0861. The molecule has 0 amide bonds. The number of nitrogens with zero attached hydrogens (tertiary/aromatic N) is 1. The monoisotopic (exact) mass is 559 g/mol. The van der Waals surface area contributed by atoms with Crippen molar-refractivity contribution >= 4 is 52.3 Å². The quantitative estimate of drug-likeness (QED) is 0.422. The van der Waals surface area contributed by atoms with Crippen LogP contribution in [0.3, 0.4) is 0 Å². The molecular weight excluding hydrogens is 537 g/mol. The van der Waals surface area contributed by atoms with E-state index in [0.29, 0.717) is 77.4 Å². The van der Waals surface area contributed by atoms with E-state index >= 15 is 0 Å². The third-order valence-corrected chi connectivity index (χ3v) is 7.80. The van der Waals surface area contributed by atoms with E-state index in [0.717, 1.165) is 5.56 Å². The first-order valence-electron chi connectivity index (χ1n) is 12.1. The fraction of sp³-hybridized carbons (Fsp3) is 0.321. The molecule has 0 saturated carbocycles. The number of halogens is 3. The maximum atomic E-state index is 13.3. The van der Waals surface area contributed by atoms with Crippen molar-refractivity contribution in [2.75, 3.05) is 6.54 Å². The highest BCUT2D eigenvalue weighted by atomic mass is 35.5. The van der Waals surface area contributed by atoms with Crippen LogP contribution in [0.25, 0.3) is 0 Å². The molecule has 2 aromatic rings. The van der Waals surface area contributed by atoms with Crippen molar-refractivity contribution in [1.82, 2.24) is 4.90 Å². The molecule has 2 aromatic carbocycles. The predicted molar refractivity (Wildman–Crippen MR) is 141 cm³/mol. The molecule has 37 heavy (non-hydrogen) atoms. The van der Waals surface area contributed by atoms with Gasteiger partial charge in [0, 0.05) is 46.3 Å². The van der Waals surface area contributed by atoms with E-state index in [1.54, 1.807) is 29.2 Å². The SMILES string of the molecule is O=C(O)CN1C2=C(C(=O)CCC2)C(c2cc(Cl)c(OCc3cccc(Cl)c3)c(Cl)c2)C2=C1CCCC2=O. The molecule has 0 spiro atoms. The zero-order valence-electron chi connectivity index (χ0n) is 19.9. The first kappa shape index (κ1) is 25.8. The number of aliphatic carboxylic acids is 1. The topological polar surface area (TPSA) is 83.9 Å². The zero-order valence-corrected chi connectivity index (χ0v) is 22.1. The largest absolute Gasteiger partial charge is 0.486 e. The van der Waals surface area contributed by atoms with E-state index in [1.807, 2.05) is 12.1 Å². The second-order valence-electron chi connectivity index (χ2n) is 9.42. The van der Waals surface area contributed by atoms with Gasteiger partial charge in [-0.1, -0.05) is 46.9 Å². The van der Waals surface area contributed by atoms with E-state index in [4.69, 9.17) is 39.5 Å². The molecule has 1 heterocycles. The lowest BCUT2D eigenvalue weighted by molar-refractivity contribution is -0.138. The Morgan fingerprint density at radius 3 is 2.05 bits per heavy atom. The average molecular weight is 561 g/mol. The molecule has 5 rings (SSSR count). The summed E-state index contributed by atoms with van der Waals surface area (Å²) >= 11 is 19.4. The van der Waals surface area contributed by atoms with E-state index in [9.17, 15) is 19.5 Å². The van der Waals surface area contributed by atoms with Crippen molar-refractivity contribution in [3.63, 3.8) is 0 Å². The fourth-order valence-electron chi connectivity index (χ4n) is 5.54. The van der Waals surface area contributed by atoms with Gasteiger partial charge in [-0.2, -0.15) is 0 Å². The smallest absolute Gasteiger partial charge is 0.323 e. The Bertz CT molecular complexity index is 1310. The lowest BCUT2D eigenvalue weighted by Gasteiger charge is -2.43. The highest BCUT2D eigenvalue weighted by Crippen LogP contribution is 2.50. The number of ketones is 2. The normalized spacial score (nSPS) is 18.2. The highest BCUT2D eigenvalue weighted by molar-refractivity contribution is 6.37. The standard InChI is InChI=1S/C28H24Cl3NO5/c29-17-5-1-4-15(10-17)14-37-28-18(30)11-16(12-19(28)31)25-26-20(6-2-8-22(26)33)32(13-24(35)36)21-7-3-9-23(34)27(21)25/h1,4-5,10-12,25H,2-3,6-9,13-14H2,(H,35,36). The zero-order chi connectivity index (χ0) is 26.3. The summed E-state index contributed by atoms with van der Waals surface area (Å²) in [4.78, 5) is 40.0. The maximum absolute atomic E-state index is 13.3. The first-order chi connectivity index (χ1) is 17.7. The molecule has 2 aliphatic carbocycles. The number of carboxylic acids is 1. The van der Waals surface area contributed by atoms with Crippen molar-refractivity contribution in [2.45, 2.75) is 51.0 Å². The Hall–Kier alpha value is -2.80. The minimum Gasteiger partial charge on any atom is -0.486 e. The molecule has 0 atom stereocenters. The molecule has 9 heteroatoms. The molecule has 3 aliphatic rings. The number of hydrogen-bond donors (Lipinski definition) is 1. The van der Waals surface area contributed by atoms with Crippen LogP contribution in [0.5, 0.6) is 5.75 Å². The number of ether oxygens (including phenoxy) is 1. The summed E-state index contributed by atoms with van der Waals surface area (Å²) in [5, 5.41) is 10.7. The van der Waals surface area contributed by atoms with E-state index < -0.39 is 11.9 Å². The van der Waals surface area contributed by atoms with Gasteiger partial charge < -0.3 is 14.7 Å². The number of allylic oxidation sites excluding steroid dienone is 4. The highest BCUT2D eigenvalue weighted by Gasteiger charge is 2.44. The predicted octanol–water partition coefficient (Wildman–Crippen LogP) is 6.72. The molecule has 0 aromatic heterocycles. The number of rotatable bonds is 6. The van der Waals surface area contributed by atoms with Gasteiger partial charge in [-0.3, -0.25) is 14.4 Å². The van der Waals surface area contributed by atoms with Gasteiger partial charge in [-0.05, 0) is 61.1 Å². The molecule has 192 valence electrons. The number of carbonyl (C=O) groups excluding carboxylic acids is 2. The average Bonchev–Trinajstić information content (AvgIpc) is 2.84. The molecule has 0 radical (unpaired) electrons. The van der Waals surface area contributed by atoms with Gasteiger partial charge >= 0.3 is 5.97 Å². The number of Topliss-reactive ketones (excluding diaryl/α,β-unsaturated/α-hetero) is 2. The minimum atomic E-state index is -1.01. The van der Waals surface area contributed by atoms with Crippen LogP contribution in [0.15, 0.2) is 58.9 Å². The van der Waals surface area contributed by atoms with Crippen LogP contribution in [0.2, 0.25) is 15.1 Å². The Kier molecular flexibility index (Phi) is 7.35. The Labute approximate surface area is 229 Å². The van der Waals surface area contributed by atoms with Crippen LogP contribution in [0.4, 0.5) is 0 Å². The van der Waals surface area contributed by atoms with Gasteiger partial charge in [0.25, 0.3) is 0 Å². The van der Waals surface area contributed by atoms with Crippen LogP contribution in [0.1, 0.15) is 55.6 Å². The number of benzene rings is 2. The van der Waals surface area contributed by atoms with Crippen molar-refractivity contribution in [2.24, 2.45) is 0 Å². The van der Waals surface area contributed by atoms with Crippen molar-refractivity contribution < 1.29 is 24.2 Å². The third kappa shape index (κ3) is 5.02. The number of hydrogen-bond acceptors (Lipinski definition) is 5. The van der Waals surface area contributed by atoms with E-state index in [-0.39, 0.29) is 34.8 Å². The van der Waals surface area contributed by atoms with Gasteiger partial charge in [0.1, 0.15) is 13.2 Å². The summed E-state index contributed by atoms with van der Waals surface area (Å²) in [6.07, 6.45) is 3.09. The van der Waals surface area contributed by atoms with Gasteiger partial charge in [-0.15, -0.1) is 0 Å². The van der Waals surface area contributed by atoms with E-state index in [1.165, 1.54) is 0 Å². The molecule has 0 unspecified atom stereocenters. The van der Waals surface area contributed by atoms with Crippen molar-refractivity contribution in [3.05, 3.63) is 85.1 Å². The molecule has 1 N–H and O–H groups in total. The van der Waals surface area contributed by atoms with Gasteiger partial charge in [0.15, 0.2) is 17.3 Å². The van der Waals surface area contributed by atoms with Crippen molar-refractivity contribution in [1.29, 1.82) is 0 Å². The summed E-state index contributed by atoms with van der Waals surface area (Å²) in [5.74, 6) is -1.53. The minimum absolute atomic E-state index is 0.0833. The Morgan fingerprint density at radius 2 is 1.51 bits per heavy atom. The molecule has 1 aliphatic heterocycles. The van der Waals surface area contributed by atoms with Crippen LogP contribution < -0.4 is 4.74 Å². The Balaban J connectivity index is 1.58. The van der Waals surface area contributed by atoms with Crippen molar-refractivity contribution in [3.8, 4) is 5.75 Å². The molecule has 0 saturated heterocycles. The first-order valence-corrected chi connectivity index (χ1v) is 13.3. The lowest BCUT2D eigenvalue weighted by atomic mass is 9.71.